The van der Waals surface area contributed by atoms with E-state index >= 15 is 0 Å². The molecule has 0 aliphatic carbocycles. The molecular weight excluding hydrogens is 462 g/mol. The van der Waals surface area contributed by atoms with Crippen molar-refractivity contribution in [1.29, 1.82) is 0 Å². The third kappa shape index (κ3) is 5.39. The molecule has 0 aliphatic rings. The van der Waals surface area contributed by atoms with Crippen molar-refractivity contribution in [3.63, 3.8) is 0 Å². The summed E-state index contributed by atoms with van der Waals surface area (Å²) >= 11 is 6.23. The molecule has 0 unspecified atom stereocenters. The first-order chi connectivity index (χ1) is 16.8. The van der Waals surface area contributed by atoms with Crippen LogP contribution in [-0.2, 0) is 6.42 Å². The van der Waals surface area contributed by atoms with Crippen molar-refractivity contribution >= 4 is 39.7 Å². The molecule has 0 radical (unpaired) electrons. The number of carbonyl (C=O) groups excluding carboxylic acids is 1. The van der Waals surface area contributed by atoms with Gasteiger partial charge in [-0.1, -0.05) is 29.8 Å². The van der Waals surface area contributed by atoms with Crippen molar-refractivity contribution in [1.82, 2.24) is 9.88 Å². The molecule has 4 rings (SSSR count). The molecule has 0 saturated carbocycles. The van der Waals surface area contributed by atoms with Gasteiger partial charge in [0.15, 0.2) is 17.3 Å². The van der Waals surface area contributed by atoms with Crippen LogP contribution in [0, 0.1) is 0 Å². The molecule has 6 nitrogen and oxygen atoms in total. The number of rotatable bonds is 8. The quantitative estimate of drug-likeness (QED) is 0.282. The predicted octanol–water partition coefficient (Wildman–Crippen LogP) is 6.32. The monoisotopic (exact) mass is 489 g/mol. The van der Waals surface area contributed by atoms with E-state index in [0.29, 0.717) is 11.3 Å². The molecule has 0 aliphatic heterocycles. The fourth-order valence-electron chi connectivity index (χ4n) is 3.97. The zero-order valence-electron chi connectivity index (χ0n) is 20.2. The second-order valence-corrected chi connectivity index (χ2v) is 9.13. The number of phenolic OH excluding ortho intramolecular Hbond substituents is 1. The average Bonchev–Trinajstić information content (AvgIpc) is 2.84. The molecule has 3 aromatic carbocycles. The molecule has 0 amide bonds. The van der Waals surface area contributed by atoms with Gasteiger partial charge >= 0.3 is 0 Å². The molecule has 0 spiro atoms. The van der Waals surface area contributed by atoms with Crippen molar-refractivity contribution < 1.29 is 14.6 Å². The molecule has 0 fully saturated rings. The Labute approximate surface area is 210 Å². The van der Waals surface area contributed by atoms with Crippen LogP contribution in [0.2, 0.25) is 5.02 Å². The second-order valence-electron chi connectivity index (χ2n) is 8.72. The Hall–Kier alpha value is -3.61. The number of pyridine rings is 1. The van der Waals surface area contributed by atoms with Gasteiger partial charge in [0.2, 0.25) is 0 Å². The highest BCUT2D eigenvalue weighted by Crippen LogP contribution is 2.40. The minimum absolute atomic E-state index is 0.0783. The summed E-state index contributed by atoms with van der Waals surface area (Å²) in [6.07, 6.45) is 2.54. The number of Topliss-reactive ketones (excluding diaryl/α,β-unsaturated/α-hetero) is 1. The number of aromatic nitrogens is 1. The second kappa shape index (κ2) is 10.3. The topological polar surface area (TPSA) is 74.7 Å². The van der Waals surface area contributed by atoms with Crippen LogP contribution in [0.3, 0.4) is 0 Å². The fraction of sp³-hybridized carbons (Fsp3) is 0.214. The highest BCUT2D eigenvalue weighted by molar-refractivity contribution is 6.32. The molecule has 0 saturated heterocycles. The maximum Gasteiger partial charge on any atom is 0.176 e. The fourth-order valence-corrected chi connectivity index (χ4v) is 4.18. The number of nitrogens with zero attached hydrogens (tertiary/aromatic N) is 2. The SMILES string of the molecule is COc1cc(-c2ccc3ncc(C(C)=O)c(Nc4cccc(CCN(C)C)c4)c3c2)cc(Cl)c1O. The summed E-state index contributed by atoms with van der Waals surface area (Å²) in [5.74, 6) is 0.109. The number of halogens is 1. The summed E-state index contributed by atoms with van der Waals surface area (Å²) in [7, 11) is 5.59. The van der Waals surface area contributed by atoms with Gasteiger partial charge in [0.25, 0.3) is 0 Å². The first-order valence-electron chi connectivity index (χ1n) is 11.3. The average molecular weight is 490 g/mol. The maximum absolute atomic E-state index is 12.5. The van der Waals surface area contributed by atoms with E-state index in [0.717, 1.165) is 40.7 Å². The van der Waals surface area contributed by atoms with Crippen LogP contribution in [0.5, 0.6) is 11.5 Å². The van der Waals surface area contributed by atoms with Crippen LogP contribution in [0.25, 0.3) is 22.0 Å². The van der Waals surface area contributed by atoms with E-state index in [9.17, 15) is 9.90 Å². The summed E-state index contributed by atoms with van der Waals surface area (Å²) < 4.78 is 5.27. The normalized spacial score (nSPS) is 11.1. The van der Waals surface area contributed by atoms with Crippen molar-refractivity contribution in [2.24, 2.45) is 0 Å². The number of ether oxygens (including phenoxy) is 1. The van der Waals surface area contributed by atoms with Gasteiger partial charge in [-0.25, -0.2) is 0 Å². The number of nitrogens with one attached hydrogen (secondary N) is 1. The van der Waals surface area contributed by atoms with Gasteiger partial charge in [-0.2, -0.15) is 0 Å². The van der Waals surface area contributed by atoms with Crippen molar-refractivity contribution in [3.8, 4) is 22.6 Å². The molecule has 35 heavy (non-hydrogen) atoms. The molecule has 0 atom stereocenters. The minimum atomic E-state index is -0.101. The number of likely N-dealkylation sites (N-methyl/N-ethyl adjacent to an activating group) is 1. The number of benzene rings is 3. The van der Waals surface area contributed by atoms with Crippen LogP contribution in [-0.4, -0.2) is 48.5 Å². The largest absolute Gasteiger partial charge is 0.503 e. The van der Waals surface area contributed by atoms with Crippen LogP contribution in [0.4, 0.5) is 11.4 Å². The number of carbonyl (C=O) groups is 1. The molecular formula is C28H28ClN3O3. The minimum Gasteiger partial charge on any atom is -0.503 e. The molecule has 1 aromatic heterocycles. The number of phenols is 1. The van der Waals surface area contributed by atoms with E-state index in [-0.39, 0.29) is 22.3 Å². The smallest absolute Gasteiger partial charge is 0.176 e. The van der Waals surface area contributed by atoms with E-state index < -0.39 is 0 Å². The van der Waals surface area contributed by atoms with Crippen LogP contribution >= 0.6 is 11.6 Å². The van der Waals surface area contributed by atoms with Crippen LogP contribution in [0.1, 0.15) is 22.8 Å². The van der Waals surface area contributed by atoms with Crippen LogP contribution in [0.15, 0.2) is 60.8 Å². The first kappa shape index (κ1) is 24.5. The maximum atomic E-state index is 12.5. The number of hydrogen-bond donors (Lipinski definition) is 2. The lowest BCUT2D eigenvalue weighted by Gasteiger charge is -2.16. The van der Waals surface area contributed by atoms with E-state index in [2.05, 4.69) is 41.4 Å². The molecule has 7 heteroatoms. The van der Waals surface area contributed by atoms with E-state index in [4.69, 9.17) is 16.3 Å². The van der Waals surface area contributed by atoms with Gasteiger partial charge in [0.05, 0.1) is 28.9 Å². The number of aromatic hydroxyl groups is 1. The van der Waals surface area contributed by atoms with Gasteiger partial charge in [-0.05, 0) is 80.5 Å². The van der Waals surface area contributed by atoms with E-state index in [1.807, 2.05) is 30.3 Å². The Morgan fingerprint density at radius 1 is 1.11 bits per heavy atom. The summed E-state index contributed by atoms with van der Waals surface area (Å²) in [6.45, 7) is 2.48. The number of methoxy groups -OCH3 is 1. The number of anilines is 2. The van der Waals surface area contributed by atoms with Gasteiger partial charge < -0.3 is 20.1 Å². The Kier molecular flexibility index (Phi) is 7.24. The molecule has 180 valence electrons. The van der Waals surface area contributed by atoms with Gasteiger partial charge in [0, 0.05) is 23.8 Å². The number of ketones is 1. The van der Waals surface area contributed by atoms with Crippen LogP contribution < -0.4 is 10.1 Å². The summed E-state index contributed by atoms with van der Waals surface area (Å²) in [5.41, 5.74) is 5.69. The summed E-state index contributed by atoms with van der Waals surface area (Å²) in [5, 5.41) is 14.6. The Bertz CT molecular complexity index is 1400. The Morgan fingerprint density at radius 3 is 2.63 bits per heavy atom. The third-order valence-corrected chi connectivity index (χ3v) is 6.16. The Balaban J connectivity index is 1.82. The summed E-state index contributed by atoms with van der Waals surface area (Å²) in [4.78, 5) is 19.2. The predicted molar refractivity (Wildman–Crippen MR) is 142 cm³/mol. The number of hydrogen-bond acceptors (Lipinski definition) is 6. The van der Waals surface area contributed by atoms with Crippen molar-refractivity contribution in [3.05, 3.63) is 76.9 Å². The molecule has 0 bridgehead atoms. The van der Waals surface area contributed by atoms with Crippen molar-refractivity contribution in [2.75, 3.05) is 33.1 Å². The van der Waals surface area contributed by atoms with E-state index in [1.165, 1.54) is 19.6 Å². The zero-order chi connectivity index (χ0) is 25.1. The lowest BCUT2D eigenvalue weighted by molar-refractivity contribution is 0.101. The number of fused-ring (bicyclic) bond motifs is 1. The first-order valence-corrected chi connectivity index (χ1v) is 11.7. The van der Waals surface area contributed by atoms with Gasteiger partial charge in [-0.3, -0.25) is 9.78 Å². The summed E-state index contributed by atoms with van der Waals surface area (Å²) in [6, 6.07) is 17.4. The highest BCUT2D eigenvalue weighted by Gasteiger charge is 2.16. The lowest BCUT2D eigenvalue weighted by Crippen LogP contribution is -2.15. The van der Waals surface area contributed by atoms with Gasteiger partial charge in [0.1, 0.15) is 0 Å². The molecule has 1 heterocycles. The third-order valence-electron chi connectivity index (χ3n) is 5.87. The molecule has 2 N–H and O–H groups in total. The van der Waals surface area contributed by atoms with E-state index in [1.54, 1.807) is 18.3 Å². The Morgan fingerprint density at radius 2 is 1.91 bits per heavy atom. The van der Waals surface area contributed by atoms with Crippen molar-refractivity contribution in [2.45, 2.75) is 13.3 Å². The lowest BCUT2D eigenvalue weighted by atomic mass is 9.99. The molecule has 4 aromatic rings. The zero-order valence-corrected chi connectivity index (χ0v) is 21.0. The standard InChI is InChI=1S/C28H28ClN3O3/c1-17(33)23-16-30-25-9-8-19(20-14-24(29)28(34)26(15-20)35-4)13-22(25)27(23)31-21-7-5-6-18(12-21)10-11-32(2)3/h5-9,12-16,34H,10-11H2,1-4H3,(H,30,31). The highest BCUT2D eigenvalue weighted by atomic mass is 35.5. The van der Waals surface area contributed by atoms with Gasteiger partial charge in [-0.15, -0.1) is 0 Å².